The highest BCUT2D eigenvalue weighted by Gasteiger charge is 2.51. The van der Waals surface area contributed by atoms with E-state index in [1.807, 2.05) is 19.1 Å². The van der Waals surface area contributed by atoms with Crippen LogP contribution in [0.5, 0.6) is 0 Å². The Balaban J connectivity index is 1.86. The average molecular weight is 924 g/mol. The number of hydrogen-bond acceptors (Lipinski definition) is 17. The Kier molecular flexibility index (Phi) is 23.6. The van der Waals surface area contributed by atoms with Crippen molar-refractivity contribution in [2.24, 2.45) is 23.5 Å². The van der Waals surface area contributed by atoms with Gasteiger partial charge in [0.05, 0.1) is 79.6 Å². The molecule has 3 aliphatic heterocycles. The molecule has 0 radical (unpaired) electrons. The van der Waals surface area contributed by atoms with Gasteiger partial charge in [0.1, 0.15) is 18.1 Å². The fourth-order valence-electron chi connectivity index (χ4n) is 7.97. The van der Waals surface area contributed by atoms with Crippen molar-refractivity contribution in [3.63, 3.8) is 0 Å². The monoisotopic (exact) mass is 923 g/mol. The second-order valence-electron chi connectivity index (χ2n) is 17.6. The number of carboxylic acids is 1. The quantitative estimate of drug-likeness (QED) is 0.174. The van der Waals surface area contributed by atoms with Crippen molar-refractivity contribution in [3.05, 3.63) is 85.1 Å². The Morgan fingerprint density at radius 3 is 1.82 bits per heavy atom. The van der Waals surface area contributed by atoms with Gasteiger partial charge in [-0.3, -0.25) is 9.59 Å². The molecule has 3 aliphatic rings. The van der Waals surface area contributed by atoms with Crippen LogP contribution in [0.3, 0.4) is 0 Å². The largest absolute Gasteiger partial charge is 0.481 e. The molecule has 0 amide bonds. The van der Waals surface area contributed by atoms with Crippen LogP contribution in [0, 0.1) is 17.8 Å². The molecule has 19 atom stereocenters. The summed E-state index contributed by atoms with van der Waals surface area (Å²) in [5.74, 6) is -6.83. The molecule has 2 saturated heterocycles. The summed E-state index contributed by atoms with van der Waals surface area (Å²) >= 11 is 0. The lowest BCUT2D eigenvalue weighted by atomic mass is 9.82. The van der Waals surface area contributed by atoms with Crippen molar-refractivity contribution in [3.8, 4) is 0 Å². The summed E-state index contributed by atoms with van der Waals surface area (Å²) in [5, 5.41) is 118. The zero-order chi connectivity index (χ0) is 48.4. The van der Waals surface area contributed by atoms with Crippen LogP contribution >= 0.6 is 0 Å². The SMILES string of the molecule is C[C@@H]1OC(=O)CC(O)CC(O)CCC(O)C(O)CC(O)CC2(O)C[C@H](O)C(C(=O)O)C(CC(OC3O[C@H](C)C(O)[C@H](N)C3O)/C=C/C=C/C=C/C=C/C=C/C=C/C=C/[C@H](C)C(O)[C@H]1C)O2. The zero-order valence-electron chi connectivity index (χ0n) is 37.6. The van der Waals surface area contributed by atoms with Crippen LogP contribution in [-0.4, -0.2) is 166 Å². The predicted octanol–water partition coefficient (Wildman–Crippen LogP) is 0.712. The van der Waals surface area contributed by atoms with Crippen molar-refractivity contribution >= 4 is 11.9 Å². The molecule has 0 aromatic rings. The van der Waals surface area contributed by atoms with E-state index in [2.05, 4.69) is 0 Å². The Bertz CT molecular complexity index is 1670. The molecule has 0 aromatic heterocycles. The molecule has 18 heteroatoms. The van der Waals surface area contributed by atoms with Gasteiger partial charge in [0.25, 0.3) is 0 Å². The maximum Gasteiger partial charge on any atom is 0.311 e. The number of aliphatic hydroxyl groups is 10. The molecular weight excluding hydrogens is 851 g/mol. The highest BCUT2D eigenvalue weighted by molar-refractivity contribution is 5.71. The molecule has 3 heterocycles. The molecule has 0 aliphatic carbocycles. The number of ether oxygens (including phenoxy) is 4. The van der Waals surface area contributed by atoms with Gasteiger partial charge in [0, 0.05) is 37.5 Å². The van der Waals surface area contributed by atoms with E-state index in [1.54, 1.807) is 80.7 Å². The van der Waals surface area contributed by atoms with Crippen LogP contribution in [0.1, 0.15) is 79.1 Å². The fourth-order valence-corrected chi connectivity index (χ4v) is 7.97. The van der Waals surface area contributed by atoms with Gasteiger partial charge in [-0.25, -0.2) is 0 Å². The number of nitrogens with two attached hydrogens (primary N) is 1. The highest BCUT2D eigenvalue weighted by atomic mass is 16.7. The molecule has 13 N–H and O–H groups in total. The highest BCUT2D eigenvalue weighted by Crippen LogP contribution is 2.38. The van der Waals surface area contributed by atoms with Crippen LogP contribution < -0.4 is 5.73 Å². The van der Waals surface area contributed by atoms with Gasteiger partial charge in [-0.1, -0.05) is 98.9 Å². The number of cyclic esters (lactones) is 1. The minimum absolute atomic E-state index is 0.107. The first-order chi connectivity index (χ1) is 30.6. The average Bonchev–Trinajstić information content (AvgIpc) is 3.21. The second kappa shape index (κ2) is 27.4. The lowest BCUT2D eigenvalue weighted by molar-refractivity contribution is -0.308. The van der Waals surface area contributed by atoms with Crippen molar-refractivity contribution in [2.45, 2.75) is 177 Å². The molecule has 13 unspecified atom stereocenters. The summed E-state index contributed by atoms with van der Waals surface area (Å²) < 4.78 is 23.1. The Labute approximate surface area is 381 Å². The van der Waals surface area contributed by atoms with E-state index < -0.39 is 147 Å². The van der Waals surface area contributed by atoms with Crippen molar-refractivity contribution < 1.29 is 84.7 Å². The topological polar surface area (TPSA) is 320 Å². The van der Waals surface area contributed by atoms with Crippen molar-refractivity contribution in [2.75, 3.05) is 0 Å². The summed E-state index contributed by atoms with van der Waals surface area (Å²) in [7, 11) is 0. The van der Waals surface area contributed by atoms with E-state index in [0.29, 0.717) is 0 Å². The first-order valence-corrected chi connectivity index (χ1v) is 22.3. The van der Waals surface area contributed by atoms with Gasteiger partial charge in [-0.2, -0.15) is 0 Å². The number of aliphatic carboxylic acids is 1. The third kappa shape index (κ3) is 18.6. The number of rotatable bonds is 3. The van der Waals surface area contributed by atoms with Crippen LogP contribution in [0.4, 0.5) is 0 Å². The lowest BCUT2D eigenvalue weighted by Gasteiger charge is -2.45. The molecule has 368 valence electrons. The summed E-state index contributed by atoms with van der Waals surface area (Å²) in [6.07, 6.45) is 3.46. The molecule has 18 nitrogen and oxygen atoms in total. The molecule has 0 spiro atoms. The van der Waals surface area contributed by atoms with Crippen LogP contribution in [0.25, 0.3) is 0 Å². The molecule has 2 fully saturated rings. The van der Waals surface area contributed by atoms with Crippen molar-refractivity contribution in [1.29, 1.82) is 0 Å². The summed E-state index contributed by atoms with van der Waals surface area (Å²) in [6, 6.07) is -1.15. The lowest BCUT2D eigenvalue weighted by Crippen LogP contribution is -2.61. The van der Waals surface area contributed by atoms with Crippen LogP contribution in [-0.2, 0) is 28.5 Å². The van der Waals surface area contributed by atoms with Gasteiger partial charge in [-0.15, -0.1) is 0 Å². The number of esters is 1. The van der Waals surface area contributed by atoms with Gasteiger partial charge in [0.2, 0.25) is 0 Å². The van der Waals surface area contributed by atoms with E-state index >= 15 is 0 Å². The van der Waals surface area contributed by atoms with E-state index in [9.17, 15) is 65.8 Å². The molecule has 2 bridgehead atoms. The van der Waals surface area contributed by atoms with E-state index in [1.165, 1.54) is 13.0 Å². The van der Waals surface area contributed by atoms with Crippen molar-refractivity contribution in [1.82, 2.24) is 0 Å². The van der Waals surface area contributed by atoms with Crippen LogP contribution in [0.2, 0.25) is 0 Å². The summed E-state index contributed by atoms with van der Waals surface area (Å²) in [6.45, 7) is 6.74. The Hall–Kier alpha value is -3.44. The zero-order valence-corrected chi connectivity index (χ0v) is 37.6. The molecule has 3 rings (SSSR count). The number of fused-ring (bicyclic) bond motifs is 2. The summed E-state index contributed by atoms with van der Waals surface area (Å²) in [4.78, 5) is 25.1. The van der Waals surface area contributed by atoms with Crippen LogP contribution in [0.15, 0.2) is 85.1 Å². The van der Waals surface area contributed by atoms with Gasteiger partial charge < -0.3 is 80.9 Å². The van der Waals surface area contributed by atoms with Gasteiger partial charge >= 0.3 is 11.9 Å². The molecular formula is C47H73NO17. The maximum absolute atomic E-state index is 12.6. The summed E-state index contributed by atoms with van der Waals surface area (Å²) in [5.41, 5.74) is 6.02. The normalized spacial score (nSPS) is 45.5. The molecule has 65 heavy (non-hydrogen) atoms. The number of carboxylic acid groups (broad SMARTS) is 1. The third-order valence-electron chi connectivity index (χ3n) is 12.0. The predicted molar refractivity (Wildman–Crippen MR) is 237 cm³/mol. The molecule has 0 saturated carbocycles. The number of allylic oxidation sites excluding steroid dienone is 12. The van der Waals surface area contributed by atoms with E-state index in [4.69, 9.17) is 24.7 Å². The minimum Gasteiger partial charge on any atom is -0.481 e. The first kappa shape index (κ1) is 55.9. The number of carbonyl (C=O) groups excluding carboxylic acids is 1. The smallest absolute Gasteiger partial charge is 0.311 e. The number of carbonyl (C=O) groups is 2. The van der Waals surface area contributed by atoms with E-state index in [-0.39, 0.29) is 31.6 Å². The number of hydrogen-bond donors (Lipinski definition) is 12. The standard InChI is InChI=1S/C47H73NO17/c1-27-17-15-13-11-9-7-5-6-8-10-12-14-16-18-34(64-46-44(58)41(48)43(57)30(4)63-46)24-38-40(45(59)60)37(54)26-47(61,65-38)25-33(51)22-36(53)35(52)20-19-31(49)21-32(50)23-39(55)62-29(3)28(2)42(27)56/h5-18,27-38,40-44,46,49-54,56-58,61H,19-26,48H2,1-4H3,(H,59,60)/b6-5+,9-7+,10-8+,13-11+,14-12+,17-15+,18-16+/t27-,28-,29-,30+,31?,32?,33?,34?,35?,36?,37-,38?,40?,41-,42?,43?,44?,46?,47?/m0/s1. The molecule has 0 aromatic carbocycles. The van der Waals surface area contributed by atoms with Gasteiger partial charge in [0.15, 0.2) is 12.1 Å². The Morgan fingerprint density at radius 2 is 1.23 bits per heavy atom. The fraction of sp³-hybridized carbons (Fsp3) is 0.660. The second-order valence-corrected chi connectivity index (χ2v) is 17.6. The Morgan fingerprint density at radius 1 is 0.662 bits per heavy atom. The van der Waals surface area contributed by atoms with Gasteiger partial charge in [-0.05, 0) is 33.1 Å². The minimum atomic E-state index is -2.33. The number of aliphatic hydroxyl groups excluding tert-OH is 9. The maximum atomic E-state index is 12.6. The third-order valence-corrected chi connectivity index (χ3v) is 12.0. The first-order valence-electron chi connectivity index (χ1n) is 22.3. The van der Waals surface area contributed by atoms with E-state index in [0.717, 1.165) is 0 Å².